The van der Waals surface area contributed by atoms with Gasteiger partial charge in [-0.2, -0.15) is 0 Å². The van der Waals surface area contributed by atoms with E-state index in [1.54, 1.807) is 156 Å². The number of carboxylic acids is 3. The molecule has 0 unspecified atom stereocenters. The summed E-state index contributed by atoms with van der Waals surface area (Å²) in [6, 6.07) is 0. The van der Waals surface area contributed by atoms with Crippen LogP contribution in [-0.4, -0.2) is 207 Å². The first-order chi connectivity index (χ1) is 45.3. The minimum atomic E-state index is -1.33. The van der Waals surface area contributed by atoms with Crippen LogP contribution in [0.15, 0.2) is 58.7 Å². The number of hydrogen-bond donors (Lipinski definition) is 0. The van der Waals surface area contributed by atoms with E-state index in [9.17, 15) is 29.7 Å². The van der Waals surface area contributed by atoms with Crippen molar-refractivity contribution in [1.29, 1.82) is 0 Å². The second kappa shape index (κ2) is 40.5. The zero-order valence-corrected chi connectivity index (χ0v) is 74.0. The Labute approximate surface area is 689 Å². The zero-order chi connectivity index (χ0) is 67.6. The summed E-state index contributed by atoms with van der Waals surface area (Å²) >= 11 is 18.7. The SMILES string of the molecule is COCCC1(CCOC)Sc2c(c(C(=O)[O-])c3c(c2[C](c2c4c(c(C(=O)[O-])c5c2SC(CCOC)(CCOC)S5)SC(CCOC)(CCOC)S4)c2c4c(c(C(=O)[O-])c5c2SC(CCOC)(CCOC)S5)SC(CCOC)(CCOC)S4)SC(CCOC)(CCOC)S3)S1.[Na+].[Na+].[Na+]. The van der Waals surface area contributed by atoms with E-state index in [1.807, 2.05) is 0 Å². The second-order valence-electron chi connectivity index (χ2n) is 23.0. The monoisotopic (exact) mass is 1590 g/mol. The van der Waals surface area contributed by atoms with Crippen molar-refractivity contribution in [3.05, 3.63) is 39.3 Å². The van der Waals surface area contributed by atoms with E-state index in [4.69, 9.17) is 56.8 Å². The summed E-state index contributed by atoms with van der Waals surface area (Å²) in [5, 5.41) is 44.2. The number of aromatic carboxylic acids is 3. The molecule has 3 aromatic carbocycles. The van der Waals surface area contributed by atoms with Crippen LogP contribution in [0.2, 0.25) is 0 Å². The maximum Gasteiger partial charge on any atom is 1.00 e. The largest absolute Gasteiger partial charge is 1.00 e. The number of benzene rings is 3. The summed E-state index contributed by atoms with van der Waals surface area (Å²) < 4.78 is 66.5. The Bertz CT molecular complexity index is 2660. The quantitative estimate of drug-likeness (QED) is 0.0586. The molecular weight excluding hydrogens is 1510 g/mol. The number of carbonyl (C=O) groups excluding carboxylic acids is 3. The van der Waals surface area contributed by atoms with E-state index in [1.165, 1.54) is 70.6 Å². The number of fused-ring (bicyclic) bond motifs is 6. The van der Waals surface area contributed by atoms with Crippen molar-refractivity contribution in [3.63, 3.8) is 0 Å². The topological polar surface area (TPSA) is 231 Å². The van der Waals surface area contributed by atoms with Crippen LogP contribution in [-0.2, 0) is 56.8 Å². The maximum atomic E-state index is 14.7. The summed E-state index contributed by atoms with van der Waals surface area (Å²) in [5.41, 5.74) is 2.49. The Hall–Kier alpha value is 2.79. The molecule has 97 heavy (non-hydrogen) atoms. The third-order valence-electron chi connectivity index (χ3n) is 17.0. The van der Waals surface area contributed by atoms with Gasteiger partial charge in [-0.3, -0.25) is 0 Å². The average Bonchev–Trinajstić information content (AvgIpc) is 1.59. The molecule has 0 aromatic heterocycles. The van der Waals surface area contributed by atoms with Crippen molar-refractivity contribution in [3.8, 4) is 0 Å². The Morgan fingerprint density at radius 1 is 0.227 bits per heavy atom. The van der Waals surface area contributed by atoms with E-state index < -0.39 is 42.4 Å². The number of thioether (sulfide) groups is 12. The van der Waals surface area contributed by atoms with Crippen molar-refractivity contribution in [1.82, 2.24) is 0 Å². The summed E-state index contributed by atoms with van der Waals surface area (Å²) in [4.78, 5) is 51.6. The number of methoxy groups -OCH3 is 12. The molecule has 0 amide bonds. The standard InChI is InChI=1S/C64H87O18S12.3Na/c1-71-25-13-59(14-26-72-2)83-44-38(45-51(41(56(65)66)50(44)89-59)90-60(84-45,15-27-73-3)16-28-74-4)37(39-46-52(91-61(85-46,17-29-75-5)18-30-76-6)42(57(67)68)53-47(39)86-62(92-53,19-31-77-7)20-32-78-8)40-48-54(93-63(87-48,21-33-79-9)22-34-80-10)43(58(69)70)55-49(40)88-64(94-55,23-35-81-11)24-36-82-12;;;/h13-36H2,1-12H3,(H,65,66)(H,67,68)(H,69,70);;;/q;3*+1/p-3. The van der Waals surface area contributed by atoms with Crippen molar-refractivity contribution >= 4 is 159 Å². The molecule has 0 spiro atoms. The van der Waals surface area contributed by atoms with Crippen LogP contribution in [0.25, 0.3) is 0 Å². The molecule has 18 nitrogen and oxygen atoms in total. The first-order valence-electron chi connectivity index (χ1n) is 30.7. The van der Waals surface area contributed by atoms with Crippen LogP contribution in [0.3, 0.4) is 0 Å². The van der Waals surface area contributed by atoms with Crippen molar-refractivity contribution < 1.29 is 175 Å². The Kier molecular flexibility index (Phi) is 37.0. The Balaban J connectivity index is 0.00000495. The van der Waals surface area contributed by atoms with Gasteiger partial charge < -0.3 is 86.5 Å². The van der Waals surface area contributed by atoms with E-state index in [0.29, 0.717) is 221 Å². The number of ether oxygens (including phenoxy) is 12. The van der Waals surface area contributed by atoms with Gasteiger partial charge in [-0.15, -0.1) is 141 Å². The smallest absolute Gasteiger partial charge is 0.545 e. The molecule has 6 aliphatic heterocycles. The molecule has 0 fully saturated rings. The van der Waals surface area contributed by atoms with Crippen LogP contribution >= 0.6 is 141 Å². The fourth-order valence-electron chi connectivity index (χ4n) is 12.2. The van der Waals surface area contributed by atoms with E-state index in [0.717, 1.165) is 16.7 Å². The van der Waals surface area contributed by atoms with Gasteiger partial charge in [0.2, 0.25) is 0 Å². The number of rotatable bonds is 42. The van der Waals surface area contributed by atoms with E-state index >= 15 is 0 Å². The molecule has 6 aliphatic rings. The van der Waals surface area contributed by atoms with Crippen LogP contribution in [0, 0.1) is 5.92 Å². The molecule has 1 radical (unpaired) electrons. The van der Waals surface area contributed by atoms with Crippen LogP contribution < -0.4 is 104 Å². The predicted molar refractivity (Wildman–Crippen MR) is 377 cm³/mol. The zero-order valence-electron chi connectivity index (χ0n) is 58.2. The molecule has 0 saturated carbocycles. The first kappa shape index (κ1) is 88.7. The molecule has 9 rings (SSSR count). The molecule has 33 heteroatoms. The van der Waals surface area contributed by atoms with Crippen LogP contribution in [0.4, 0.5) is 0 Å². The summed E-state index contributed by atoms with van der Waals surface area (Å²) in [6.45, 7) is 4.14. The van der Waals surface area contributed by atoms with Crippen LogP contribution in [0.1, 0.15) is 125 Å². The number of carbonyl (C=O) groups is 3. The molecule has 0 bridgehead atoms. The predicted octanol–water partition coefficient (Wildman–Crippen LogP) is 2.61. The second-order valence-corrected chi connectivity index (χ2v) is 41.3. The number of hydrogen-bond acceptors (Lipinski definition) is 30. The normalized spacial score (nSPS) is 18.0. The van der Waals surface area contributed by atoms with Gasteiger partial charge in [-0.05, 0) is 93.7 Å². The van der Waals surface area contributed by atoms with Crippen molar-refractivity contribution in [2.75, 3.05) is 165 Å². The van der Waals surface area contributed by atoms with Gasteiger partial charge in [0.15, 0.2) is 0 Å². The fraction of sp³-hybridized carbons (Fsp3) is 0.656. The molecule has 6 heterocycles. The van der Waals surface area contributed by atoms with Gasteiger partial charge in [0, 0.05) is 240 Å². The van der Waals surface area contributed by atoms with Gasteiger partial charge in [0.05, 0.1) is 48.3 Å². The van der Waals surface area contributed by atoms with Gasteiger partial charge in [-0.25, -0.2) is 0 Å². The molecular formula is C64H84Na3O18S12. The molecule has 0 saturated heterocycles. The summed E-state index contributed by atoms with van der Waals surface area (Å²) in [5.74, 6) is -3.26. The Morgan fingerprint density at radius 2 is 0.330 bits per heavy atom. The molecule has 0 aliphatic carbocycles. The van der Waals surface area contributed by atoms with E-state index in [2.05, 4.69) is 0 Å². The molecule has 0 atom stereocenters. The maximum absolute atomic E-state index is 14.7. The van der Waals surface area contributed by atoms with Crippen molar-refractivity contribution in [2.45, 2.75) is 160 Å². The minimum absolute atomic E-state index is 0. The fourth-order valence-corrected chi connectivity index (χ4v) is 32.9. The number of carboxylic acid groups (broad SMARTS) is 3. The van der Waals surface area contributed by atoms with Crippen molar-refractivity contribution in [2.24, 2.45) is 0 Å². The average molecular weight is 1600 g/mol. The molecule has 523 valence electrons. The first-order valence-corrected chi connectivity index (χ1v) is 40.5. The Morgan fingerprint density at radius 3 is 0.423 bits per heavy atom. The third kappa shape index (κ3) is 19.3. The minimum Gasteiger partial charge on any atom is -0.545 e. The van der Waals surface area contributed by atoms with Gasteiger partial charge in [0.1, 0.15) is 0 Å². The third-order valence-corrected chi connectivity index (χ3v) is 37.5. The van der Waals surface area contributed by atoms with Gasteiger partial charge in [-0.1, -0.05) is 0 Å². The van der Waals surface area contributed by atoms with E-state index in [-0.39, 0.29) is 105 Å². The van der Waals surface area contributed by atoms with Crippen LogP contribution in [0.5, 0.6) is 0 Å². The summed E-state index contributed by atoms with van der Waals surface area (Å²) in [6.07, 6.45) is 5.94. The van der Waals surface area contributed by atoms with Gasteiger partial charge >= 0.3 is 88.7 Å². The summed E-state index contributed by atoms with van der Waals surface area (Å²) in [7, 11) is 19.9. The van der Waals surface area contributed by atoms with Gasteiger partial charge in [0.25, 0.3) is 0 Å². The molecule has 0 N–H and O–H groups in total. The molecule has 3 aromatic rings.